The highest BCUT2D eigenvalue weighted by molar-refractivity contribution is 7.99. The molecule has 0 N–H and O–H groups in total. The first-order valence-corrected chi connectivity index (χ1v) is 6.18. The number of thioether (sulfide) groups is 1. The van der Waals surface area contributed by atoms with Crippen molar-refractivity contribution in [2.75, 3.05) is 18.2 Å². The van der Waals surface area contributed by atoms with Crippen LogP contribution in [0.1, 0.15) is 14.5 Å². The Kier molecular flexibility index (Phi) is 2.60. The van der Waals surface area contributed by atoms with Gasteiger partial charge in [-0.2, -0.15) is 0 Å². The van der Waals surface area contributed by atoms with Crippen molar-refractivity contribution in [1.82, 2.24) is 4.90 Å². The van der Waals surface area contributed by atoms with Crippen LogP contribution in [0, 0.1) is 6.92 Å². The van der Waals surface area contributed by atoms with Crippen LogP contribution in [0.25, 0.3) is 0 Å². The van der Waals surface area contributed by atoms with Gasteiger partial charge in [0, 0.05) is 17.2 Å². The van der Waals surface area contributed by atoms with Gasteiger partial charge in [-0.25, -0.2) is 0 Å². The summed E-state index contributed by atoms with van der Waals surface area (Å²) in [6.45, 7) is 2.93. The molecule has 2 rings (SSSR count). The van der Waals surface area contributed by atoms with E-state index in [0.29, 0.717) is 0 Å². The largest absolute Gasteiger partial charge is 0.328 e. The van der Waals surface area contributed by atoms with Gasteiger partial charge in [0.1, 0.15) is 0 Å². The van der Waals surface area contributed by atoms with Gasteiger partial charge in [0.2, 0.25) is 0 Å². The average Bonchev–Trinajstić information content (AvgIpc) is 2.72. The molecule has 13 heavy (non-hydrogen) atoms. The molecule has 0 aromatic carbocycles. The zero-order valence-corrected chi connectivity index (χ0v) is 9.08. The number of hydrogen-bond acceptors (Lipinski definition) is 3. The fourth-order valence-corrected chi connectivity index (χ4v) is 3.06. The standard InChI is InChI=1S/C9H11NOS2/c1-7-2-3-8(13-7)9(11)10-4-5-12-6-10/h2-3H,4-6H2,1H3. The Hall–Kier alpha value is -0.480. The van der Waals surface area contributed by atoms with Crippen molar-refractivity contribution < 1.29 is 4.79 Å². The average molecular weight is 213 g/mol. The molecule has 1 aromatic rings. The Morgan fingerprint density at radius 3 is 2.92 bits per heavy atom. The minimum Gasteiger partial charge on any atom is -0.328 e. The number of hydrogen-bond donors (Lipinski definition) is 0. The molecule has 70 valence electrons. The second kappa shape index (κ2) is 3.72. The maximum Gasteiger partial charge on any atom is 0.264 e. The van der Waals surface area contributed by atoms with Gasteiger partial charge in [0.25, 0.3) is 5.91 Å². The van der Waals surface area contributed by atoms with Crippen LogP contribution in [0.3, 0.4) is 0 Å². The number of thiophene rings is 1. The van der Waals surface area contributed by atoms with Crippen molar-refractivity contribution in [3.8, 4) is 0 Å². The first-order valence-electron chi connectivity index (χ1n) is 4.21. The molecule has 1 amide bonds. The molecule has 0 spiro atoms. The molecule has 1 aliphatic rings. The van der Waals surface area contributed by atoms with Crippen LogP contribution in [0.15, 0.2) is 12.1 Å². The normalized spacial score (nSPS) is 16.5. The highest BCUT2D eigenvalue weighted by Crippen LogP contribution is 2.21. The van der Waals surface area contributed by atoms with E-state index in [4.69, 9.17) is 0 Å². The summed E-state index contributed by atoms with van der Waals surface area (Å²) >= 11 is 3.40. The number of rotatable bonds is 1. The smallest absolute Gasteiger partial charge is 0.264 e. The Morgan fingerprint density at radius 1 is 1.54 bits per heavy atom. The quantitative estimate of drug-likeness (QED) is 0.713. The predicted molar refractivity (Wildman–Crippen MR) is 57.4 cm³/mol. The van der Waals surface area contributed by atoms with E-state index in [1.165, 1.54) is 4.88 Å². The zero-order chi connectivity index (χ0) is 9.26. The van der Waals surface area contributed by atoms with Gasteiger partial charge in [-0.05, 0) is 19.1 Å². The van der Waals surface area contributed by atoms with Crippen LogP contribution in [0.5, 0.6) is 0 Å². The lowest BCUT2D eigenvalue weighted by atomic mass is 10.4. The molecule has 2 nitrogen and oxygen atoms in total. The predicted octanol–water partition coefficient (Wildman–Crippen LogP) is 2.20. The monoisotopic (exact) mass is 213 g/mol. The number of carbonyl (C=O) groups excluding carboxylic acids is 1. The van der Waals surface area contributed by atoms with Crippen molar-refractivity contribution in [3.05, 3.63) is 21.9 Å². The fourth-order valence-electron chi connectivity index (χ4n) is 1.28. The highest BCUT2D eigenvalue weighted by atomic mass is 32.2. The summed E-state index contributed by atoms with van der Waals surface area (Å²) in [6, 6.07) is 3.92. The molecule has 1 aliphatic heterocycles. The molecule has 0 radical (unpaired) electrons. The first kappa shape index (κ1) is 9.09. The number of aryl methyl sites for hydroxylation is 1. The minimum absolute atomic E-state index is 0.197. The van der Waals surface area contributed by atoms with Crippen LogP contribution < -0.4 is 0 Å². The molecule has 4 heteroatoms. The van der Waals surface area contributed by atoms with Crippen LogP contribution >= 0.6 is 23.1 Å². The molecule has 0 aliphatic carbocycles. The number of carbonyl (C=O) groups is 1. The zero-order valence-electron chi connectivity index (χ0n) is 7.45. The molecule has 0 unspecified atom stereocenters. The summed E-state index contributed by atoms with van der Waals surface area (Å²) < 4.78 is 0. The van der Waals surface area contributed by atoms with Crippen molar-refractivity contribution in [3.63, 3.8) is 0 Å². The van der Waals surface area contributed by atoms with E-state index < -0.39 is 0 Å². The lowest BCUT2D eigenvalue weighted by Gasteiger charge is -2.12. The van der Waals surface area contributed by atoms with E-state index in [2.05, 4.69) is 0 Å². The van der Waals surface area contributed by atoms with E-state index in [1.807, 2.05) is 35.7 Å². The third-order valence-electron chi connectivity index (χ3n) is 1.99. The SMILES string of the molecule is Cc1ccc(C(=O)N2CCSC2)s1. The van der Waals surface area contributed by atoms with Gasteiger partial charge in [-0.3, -0.25) is 4.79 Å². The van der Waals surface area contributed by atoms with Gasteiger partial charge < -0.3 is 4.90 Å². The second-order valence-electron chi connectivity index (χ2n) is 3.02. The fraction of sp³-hybridized carbons (Fsp3) is 0.444. The summed E-state index contributed by atoms with van der Waals surface area (Å²) in [5.74, 6) is 2.13. The van der Waals surface area contributed by atoms with Gasteiger partial charge in [0.15, 0.2) is 0 Å². The van der Waals surface area contributed by atoms with Gasteiger partial charge in [-0.1, -0.05) is 0 Å². The molecule has 1 saturated heterocycles. The van der Waals surface area contributed by atoms with Crippen molar-refractivity contribution >= 4 is 29.0 Å². The first-order chi connectivity index (χ1) is 6.27. The summed E-state index contributed by atoms with van der Waals surface area (Å²) in [7, 11) is 0. The van der Waals surface area contributed by atoms with E-state index in [1.54, 1.807) is 11.3 Å². The van der Waals surface area contributed by atoms with Crippen molar-refractivity contribution in [2.45, 2.75) is 6.92 Å². The summed E-state index contributed by atoms with van der Waals surface area (Å²) in [5, 5.41) is 0. The summed E-state index contributed by atoms with van der Waals surface area (Å²) in [5.41, 5.74) is 0. The highest BCUT2D eigenvalue weighted by Gasteiger charge is 2.20. The van der Waals surface area contributed by atoms with Crippen molar-refractivity contribution in [1.29, 1.82) is 0 Å². The van der Waals surface area contributed by atoms with E-state index in [9.17, 15) is 4.79 Å². The van der Waals surface area contributed by atoms with Crippen LogP contribution in [-0.2, 0) is 0 Å². The molecule has 0 saturated carbocycles. The lowest BCUT2D eigenvalue weighted by molar-refractivity contribution is 0.0807. The van der Waals surface area contributed by atoms with Gasteiger partial charge in [-0.15, -0.1) is 23.1 Å². The Morgan fingerprint density at radius 2 is 2.38 bits per heavy atom. The second-order valence-corrected chi connectivity index (χ2v) is 5.38. The van der Waals surface area contributed by atoms with E-state index >= 15 is 0 Å². The van der Waals surface area contributed by atoms with Crippen LogP contribution in [-0.4, -0.2) is 29.0 Å². The topological polar surface area (TPSA) is 20.3 Å². The van der Waals surface area contributed by atoms with Crippen molar-refractivity contribution in [2.24, 2.45) is 0 Å². The van der Waals surface area contributed by atoms with E-state index in [-0.39, 0.29) is 5.91 Å². The maximum atomic E-state index is 11.8. The maximum absolute atomic E-state index is 11.8. The number of nitrogens with zero attached hydrogens (tertiary/aromatic N) is 1. The van der Waals surface area contributed by atoms with Crippen LogP contribution in [0.2, 0.25) is 0 Å². The molecular formula is C9H11NOS2. The summed E-state index contributed by atoms with van der Waals surface area (Å²) in [4.78, 5) is 15.8. The van der Waals surface area contributed by atoms with Gasteiger partial charge >= 0.3 is 0 Å². The minimum atomic E-state index is 0.197. The lowest BCUT2D eigenvalue weighted by Crippen LogP contribution is -2.26. The van der Waals surface area contributed by atoms with Crippen LogP contribution in [0.4, 0.5) is 0 Å². The third kappa shape index (κ3) is 1.89. The van der Waals surface area contributed by atoms with Gasteiger partial charge in [0.05, 0.1) is 10.8 Å². The Labute approximate surface area is 85.9 Å². The molecule has 1 aromatic heterocycles. The van der Waals surface area contributed by atoms with E-state index in [0.717, 1.165) is 23.1 Å². The molecule has 2 heterocycles. The molecule has 0 bridgehead atoms. The molecule has 0 atom stereocenters. The molecular weight excluding hydrogens is 202 g/mol. The summed E-state index contributed by atoms with van der Waals surface area (Å²) in [6.07, 6.45) is 0. The Balaban J connectivity index is 2.12. The number of amides is 1. The third-order valence-corrected chi connectivity index (χ3v) is 3.95. The molecule has 1 fully saturated rings. The Bertz CT molecular complexity index is 315.